The number of thiophene rings is 1. The first kappa shape index (κ1) is 26.1. The minimum Gasteiger partial charge on any atom is -0.395 e. The Hall–Kier alpha value is -2.97. The summed E-state index contributed by atoms with van der Waals surface area (Å²) in [6.07, 6.45) is 3.59. The number of fused-ring (bicyclic) bond motifs is 1. The van der Waals surface area contributed by atoms with Crippen molar-refractivity contribution in [3.63, 3.8) is 0 Å². The first-order valence-electron chi connectivity index (χ1n) is 12.8. The van der Waals surface area contributed by atoms with Gasteiger partial charge in [0.05, 0.1) is 22.5 Å². The maximum absolute atomic E-state index is 13.4. The van der Waals surface area contributed by atoms with E-state index in [1.54, 1.807) is 16.2 Å². The summed E-state index contributed by atoms with van der Waals surface area (Å²) >= 11 is 1.58. The Balaban J connectivity index is 1.46. The molecule has 1 aliphatic carbocycles. The van der Waals surface area contributed by atoms with E-state index in [0.29, 0.717) is 18.7 Å². The molecule has 0 aliphatic heterocycles. The molecule has 2 amide bonds. The van der Waals surface area contributed by atoms with Gasteiger partial charge >= 0.3 is 0 Å². The molecular formula is C28H35N3O4S. The highest BCUT2D eigenvalue weighted by Crippen LogP contribution is 2.33. The normalized spacial score (nSPS) is 17.8. The van der Waals surface area contributed by atoms with Crippen LogP contribution in [0.4, 0.5) is 5.69 Å². The highest BCUT2D eigenvalue weighted by molar-refractivity contribution is 7.17. The number of carbonyl (C=O) groups is 3. The fourth-order valence-corrected chi connectivity index (χ4v) is 6.04. The molecule has 0 radical (unpaired) electrons. The molecule has 1 aromatic carbocycles. The first-order valence-corrected chi connectivity index (χ1v) is 13.6. The van der Waals surface area contributed by atoms with E-state index in [0.717, 1.165) is 47.2 Å². The Bertz CT molecular complexity index is 1220. The van der Waals surface area contributed by atoms with Crippen molar-refractivity contribution in [2.45, 2.75) is 52.5 Å². The second-order valence-electron chi connectivity index (χ2n) is 9.62. The Morgan fingerprint density at radius 3 is 2.61 bits per heavy atom. The van der Waals surface area contributed by atoms with Crippen molar-refractivity contribution in [1.82, 2.24) is 9.88 Å². The molecule has 0 unspecified atom stereocenters. The zero-order valence-electron chi connectivity index (χ0n) is 21.0. The third-order valence-electron chi connectivity index (χ3n) is 7.14. The Labute approximate surface area is 216 Å². The first-order chi connectivity index (χ1) is 17.4. The van der Waals surface area contributed by atoms with Gasteiger partial charge in [0.25, 0.3) is 0 Å². The molecular weight excluding hydrogens is 474 g/mol. The van der Waals surface area contributed by atoms with Crippen LogP contribution in [0.25, 0.3) is 10.2 Å². The second-order valence-corrected chi connectivity index (χ2v) is 10.6. The van der Waals surface area contributed by atoms with Crippen LogP contribution in [-0.4, -0.2) is 47.0 Å². The summed E-state index contributed by atoms with van der Waals surface area (Å²) in [6, 6.07) is 11.8. The number of amides is 2. The van der Waals surface area contributed by atoms with E-state index in [4.69, 9.17) is 5.11 Å². The second kappa shape index (κ2) is 11.8. The van der Waals surface area contributed by atoms with Crippen LogP contribution in [0.5, 0.6) is 0 Å². The van der Waals surface area contributed by atoms with Gasteiger partial charge in [0.2, 0.25) is 11.8 Å². The molecule has 1 aliphatic rings. The van der Waals surface area contributed by atoms with E-state index in [1.807, 2.05) is 60.2 Å². The van der Waals surface area contributed by atoms with E-state index >= 15 is 0 Å². The van der Waals surface area contributed by atoms with E-state index in [-0.39, 0.29) is 49.1 Å². The zero-order valence-corrected chi connectivity index (χ0v) is 21.9. The molecule has 0 bridgehead atoms. The predicted octanol–water partition coefficient (Wildman–Crippen LogP) is 4.55. The standard InChI is InChI=1S/C28H35N3O4S/c1-3-30(22-6-4-5-19(2)15-22)27(34)18-31-23-11-14-36-26(23)17-24(31)25(33)16-20-7-9-21(10-8-20)28(35)29-12-13-32/h4-6,11,14-15,17,20-21,32H,3,7-10,12-13,16,18H2,1-2H3,(H,29,35). The summed E-state index contributed by atoms with van der Waals surface area (Å²) in [5, 5.41) is 13.7. The Kier molecular flexibility index (Phi) is 8.59. The highest BCUT2D eigenvalue weighted by atomic mass is 32.1. The van der Waals surface area contributed by atoms with Gasteiger partial charge in [-0.1, -0.05) is 12.1 Å². The van der Waals surface area contributed by atoms with Gasteiger partial charge in [0.15, 0.2) is 5.78 Å². The minimum absolute atomic E-state index is 0.00413. The van der Waals surface area contributed by atoms with Crippen LogP contribution in [0.1, 0.15) is 55.1 Å². The van der Waals surface area contributed by atoms with E-state index < -0.39 is 0 Å². The molecule has 2 N–H and O–H groups in total. The van der Waals surface area contributed by atoms with Crippen molar-refractivity contribution in [1.29, 1.82) is 0 Å². The number of anilines is 1. The molecule has 36 heavy (non-hydrogen) atoms. The van der Waals surface area contributed by atoms with Crippen LogP contribution in [0.3, 0.4) is 0 Å². The molecule has 1 fully saturated rings. The van der Waals surface area contributed by atoms with Crippen molar-refractivity contribution in [3.05, 3.63) is 53.0 Å². The molecule has 4 rings (SSSR count). The number of benzene rings is 1. The van der Waals surface area contributed by atoms with Crippen molar-refractivity contribution in [2.75, 3.05) is 24.6 Å². The Morgan fingerprint density at radius 1 is 1.14 bits per heavy atom. The lowest BCUT2D eigenvalue weighted by Crippen LogP contribution is -2.35. The summed E-state index contributed by atoms with van der Waals surface area (Å²) in [6.45, 7) is 4.85. The number of rotatable bonds is 10. The predicted molar refractivity (Wildman–Crippen MR) is 144 cm³/mol. The van der Waals surface area contributed by atoms with Crippen LogP contribution in [0.15, 0.2) is 41.8 Å². The number of hydrogen-bond donors (Lipinski definition) is 2. The minimum atomic E-state index is -0.0593. The Morgan fingerprint density at radius 2 is 1.92 bits per heavy atom. The van der Waals surface area contributed by atoms with Gasteiger partial charge < -0.3 is 19.9 Å². The van der Waals surface area contributed by atoms with Gasteiger partial charge in [-0.3, -0.25) is 14.4 Å². The quantitative estimate of drug-likeness (QED) is 0.392. The van der Waals surface area contributed by atoms with Crippen LogP contribution in [0, 0.1) is 18.8 Å². The summed E-state index contributed by atoms with van der Waals surface area (Å²) in [7, 11) is 0. The number of nitrogens with zero attached hydrogens (tertiary/aromatic N) is 2. The topological polar surface area (TPSA) is 91.6 Å². The summed E-state index contributed by atoms with van der Waals surface area (Å²) in [5.74, 6) is 0.191. The third-order valence-corrected chi connectivity index (χ3v) is 7.99. The van der Waals surface area contributed by atoms with Crippen LogP contribution < -0.4 is 10.2 Å². The van der Waals surface area contributed by atoms with Crippen LogP contribution in [-0.2, 0) is 16.1 Å². The lowest BCUT2D eigenvalue weighted by molar-refractivity contribution is -0.126. The van der Waals surface area contributed by atoms with Gasteiger partial charge in [0, 0.05) is 31.1 Å². The van der Waals surface area contributed by atoms with Gasteiger partial charge in [-0.2, -0.15) is 0 Å². The fourth-order valence-electron chi connectivity index (χ4n) is 5.22. The van der Waals surface area contributed by atoms with Crippen molar-refractivity contribution >= 4 is 44.8 Å². The number of nitrogens with one attached hydrogen (secondary N) is 1. The lowest BCUT2D eigenvalue weighted by atomic mass is 9.79. The summed E-state index contributed by atoms with van der Waals surface area (Å²) < 4.78 is 2.89. The van der Waals surface area contributed by atoms with Gasteiger partial charge in [-0.05, 0) is 80.7 Å². The monoisotopic (exact) mass is 509 g/mol. The number of ketones is 1. The molecule has 0 atom stereocenters. The van der Waals surface area contributed by atoms with Gasteiger partial charge in [-0.25, -0.2) is 0 Å². The number of carbonyl (C=O) groups excluding carboxylic acids is 3. The van der Waals surface area contributed by atoms with Crippen LogP contribution in [0.2, 0.25) is 0 Å². The number of aliphatic hydroxyl groups excluding tert-OH is 1. The molecule has 1 saturated carbocycles. The molecule has 3 aromatic rings. The summed E-state index contributed by atoms with van der Waals surface area (Å²) in [5.41, 5.74) is 3.47. The average Bonchev–Trinajstić information content (AvgIpc) is 3.46. The maximum Gasteiger partial charge on any atom is 0.246 e. The SMILES string of the molecule is CCN(C(=O)Cn1c(C(=O)CC2CCC(C(=O)NCCO)CC2)cc2sccc21)c1cccc(C)c1. The van der Waals surface area contributed by atoms with Crippen LogP contribution >= 0.6 is 11.3 Å². The van der Waals surface area contributed by atoms with Gasteiger partial charge in [0.1, 0.15) is 6.54 Å². The smallest absolute Gasteiger partial charge is 0.246 e. The number of Topliss-reactive ketones (excluding diaryl/α,β-unsaturated/α-hetero) is 1. The van der Waals surface area contributed by atoms with Crippen molar-refractivity contribution < 1.29 is 19.5 Å². The van der Waals surface area contributed by atoms with E-state index in [1.165, 1.54) is 0 Å². The molecule has 0 spiro atoms. The van der Waals surface area contributed by atoms with Crippen molar-refractivity contribution in [2.24, 2.45) is 11.8 Å². The third kappa shape index (κ3) is 5.87. The summed E-state index contributed by atoms with van der Waals surface area (Å²) in [4.78, 5) is 40.8. The molecule has 0 saturated heterocycles. The van der Waals surface area contributed by atoms with E-state index in [2.05, 4.69) is 5.32 Å². The number of aryl methyl sites for hydroxylation is 1. The zero-order chi connectivity index (χ0) is 25.7. The molecule has 192 valence electrons. The molecule has 8 heteroatoms. The average molecular weight is 510 g/mol. The molecule has 2 aromatic heterocycles. The number of aliphatic hydroxyl groups is 1. The largest absolute Gasteiger partial charge is 0.395 e. The number of hydrogen-bond acceptors (Lipinski definition) is 5. The number of likely N-dealkylation sites (N-methyl/N-ethyl adjacent to an activating group) is 1. The number of aromatic nitrogens is 1. The van der Waals surface area contributed by atoms with Crippen molar-refractivity contribution in [3.8, 4) is 0 Å². The lowest BCUT2D eigenvalue weighted by Gasteiger charge is -2.27. The fraction of sp³-hybridized carbons (Fsp3) is 0.464. The molecule has 7 nitrogen and oxygen atoms in total. The van der Waals surface area contributed by atoms with E-state index in [9.17, 15) is 14.4 Å². The van der Waals surface area contributed by atoms with Gasteiger partial charge in [-0.15, -0.1) is 11.3 Å². The molecule has 2 heterocycles. The maximum atomic E-state index is 13.4. The highest BCUT2D eigenvalue weighted by Gasteiger charge is 2.29.